The molecule has 0 aromatic carbocycles. The Morgan fingerprint density at radius 2 is 2.15 bits per heavy atom. The molecule has 20 heavy (non-hydrogen) atoms. The highest BCUT2D eigenvalue weighted by molar-refractivity contribution is 4.99. The largest absolute Gasteiger partial charge is 0.469 e. The average molecular weight is 277 g/mol. The Hall–Kier alpha value is -0.760. The highest BCUT2D eigenvalue weighted by Crippen LogP contribution is 2.36. The first kappa shape index (κ1) is 15.6. The molecule has 0 aliphatic heterocycles. The van der Waals surface area contributed by atoms with Crippen LogP contribution < -0.4 is 5.32 Å². The number of furan rings is 1. The van der Waals surface area contributed by atoms with E-state index in [1.165, 1.54) is 32.1 Å². The average Bonchev–Trinajstić information content (AvgIpc) is 2.95. The third-order valence-electron chi connectivity index (χ3n) is 5.15. The second-order valence-electron chi connectivity index (χ2n) is 6.71. The summed E-state index contributed by atoms with van der Waals surface area (Å²) in [5.41, 5.74) is 0. The summed E-state index contributed by atoms with van der Waals surface area (Å²) in [6.45, 7) is 8.24. The van der Waals surface area contributed by atoms with Gasteiger partial charge in [-0.25, -0.2) is 0 Å². The molecular weight excluding hydrogens is 246 g/mol. The summed E-state index contributed by atoms with van der Waals surface area (Å²) in [5.74, 6) is 3.76. The molecule has 0 saturated heterocycles. The molecule has 1 N–H and O–H groups in total. The van der Waals surface area contributed by atoms with Gasteiger partial charge in [0, 0.05) is 12.5 Å². The summed E-state index contributed by atoms with van der Waals surface area (Å²) in [6.07, 6.45) is 9.46. The van der Waals surface area contributed by atoms with Crippen LogP contribution in [0.4, 0.5) is 0 Å². The molecule has 4 unspecified atom stereocenters. The SMILES string of the molecule is CCCNC(CCc1ccco1)C1CCC(C)C(C)C1. The van der Waals surface area contributed by atoms with Crippen LogP contribution >= 0.6 is 0 Å². The number of rotatable bonds is 7. The molecular formula is C18H31NO. The van der Waals surface area contributed by atoms with Gasteiger partial charge in [-0.1, -0.05) is 27.2 Å². The summed E-state index contributed by atoms with van der Waals surface area (Å²) in [7, 11) is 0. The topological polar surface area (TPSA) is 25.2 Å². The molecule has 1 heterocycles. The lowest BCUT2D eigenvalue weighted by Crippen LogP contribution is -2.40. The van der Waals surface area contributed by atoms with Crippen molar-refractivity contribution >= 4 is 0 Å². The molecule has 1 fully saturated rings. The fraction of sp³-hybridized carbons (Fsp3) is 0.778. The van der Waals surface area contributed by atoms with E-state index in [-0.39, 0.29) is 0 Å². The van der Waals surface area contributed by atoms with Gasteiger partial charge in [0.25, 0.3) is 0 Å². The first-order chi connectivity index (χ1) is 9.70. The first-order valence-electron chi connectivity index (χ1n) is 8.46. The minimum atomic E-state index is 0.662. The van der Waals surface area contributed by atoms with Gasteiger partial charge in [-0.2, -0.15) is 0 Å². The molecule has 0 spiro atoms. The van der Waals surface area contributed by atoms with Crippen LogP contribution in [0.15, 0.2) is 22.8 Å². The van der Waals surface area contributed by atoms with Crippen molar-refractivity contribution in [3.8, 4) is 0 Å². The highest BCUT2D eigenvalue weighted by Gasteiger charge is 2.29. The summed E-state index contributed by atoms with van der Waals surface area (Å²) >= 11 is 0. The van der Waals surface area contributed by atoms with E-state index in [0.717, 1.165) is 36.5 Å². The smallest absolute Gasteiger partial charge is 0.103 e. The molecule has 2 rings (SSSR count). The molecule has 114 valence electrons. The van der Waals surface area contributed by atoms with Crippen molar-refractivity contribution in [1.29, 1.82) is 0 Å². The lowest BCUT2D eigenvalue weighted by Gasteiger charge is -2.37. The van der Waals surface area contributed by atoms with Crippen molar-refractivity contribution in [3.63, 3.8) is 0 Å². The summed E-state index contributed by atoms with van der Waals surface area (Å²) in [5, 5.41) is 3.80. The van der Waals surface area contributed by atoms with E-state index in [9.17, 15) is 0 Å². The van der Waals surface area contributed by atoms with Crippen LogP contribution in [0.3, 0.4) is 0 Å². The zero-order valence-corrected chi connectivity index (χ0v) is 13.4. The Bertz CT molecular complexity index is 360. The van der Waals surface area contributed by atoms with Gasteiger partial charge in [0.1, 0.15) is 5.76 Å². The number of hydrogen-bond donors (Lipinski definition) is 1. The van der Waals surface area contributed by atoms with E-state index in [1.807, 2.05) is 6.07 Å². The Labute approximate surface area is 124 Å². The zero-order valence-electron chi connectivity index (χ0n) is 13.4. The molecule has 2 heteroatoms. The van der Waals surface area contributed by atoms with Crippen LogP contribution in [0.1, 0.15) is 58.6 Å². The standard InChI is InChI=1S/C18H31NO/c1-4-11-19-18(10-9-17-6-5-12-20-17)16-8-7-14(2)15(3)13-16/h5-6,12,14-16,18-19H,4,7-11,13H2,1-3H3. The van der Waals surface area contributed by atoms with E-state index in [4.69, 9.17) is 4.42 Å². The first-order valence-corrected chi connectivity index (χ1v) is 8.46. The molecule has 1 aliphatic rings. The normalized spacial score (nSPS) is 28.4. The van der Waals surface area contributed by atoms with Gasteiger partial charge in [0.2, 0.25) is 0 Å². The predicted molar refractivity (Wildman–Crippen MR) is 84.8 cm³/mol. The fourth-order valence-corrected chi connectivity index (χ4v) is 3.54. The predicted octanol–water partition coefficient (Wildman–Crippen LogP) is 4.65. The number of aryl methyl sites for hydroxylation is 1. The zero-order chi connectivity index (χ0) is 14.4. The fourth-order valence-electron chi connectivity index (χ4n) is 3.54. The van der Waals surface area contributed by atoms with Crippen LogP contribution in [0, 0.1) is 17.8 Å². The van der Waals surface area contributed by atoms with E-state index < -0.39 is 0 Å². The maximum atomic E-state index is 5.49. The van der Waals surface area contributed by atoms with Gasteiger partial charge in [-0.05, 0) is 62.1 Å². The van der Waals surface area contributed by atoms with Gasteiger partial charge in [-0.3, -0.25) is 0 Å². The van der Waals surface area contributed by atoms with E-state index in [0.29, 0.717) is 6.04 Å². The number of nitrogens with one attached hydrogen (secondary N) is 1. The van der Waals surface area contributed by atoms with Crippen molar-refractivity contribution in [1.82, 2.24) is 5.32 Å². The van der Waals surface area contributed by atoms with Crippen molar-refractivity contribution in [2.75, 3.05) is 6.54 Å². The molecule has 1 aromatic rings. The van der Waals surface area contributed by atoms with Gasteiger partial charge in [0.05, 0.1) is 6.26 Å². The minimum Gasteiger partial charge on any atom is -0.469 e. The van der Waals surface area contributed by atoms with Crippen LogP contribution in [-0.2, 0) is 6.42 Å². The molecule has 2 nitrogen and oxygen atoms in total. The lowest BCUT2D eigenvalue weighted by molar-refractivity contribution is 0.165. The molecule has 1 saturated carbocycles. The van der Waals surface area contributed by atoms with Gasteiger partial charge in [-0.15, -0.1) is 0 Å². The quantitative estimate of drug-likeness (QED) is 0.784. The maximum absolute atomic E-state index is 5.49. The molecule has 0 amide bonds. The van der Waals surface area contributed by atoms with Crippen molar-refractivity contribution in [2.24, 2.45) is 17.8 Å². The number of hydrogen-bond acceptors (Lipinski definition) is 2. The van der Waals surface area contributed by atoms with Crippen LogP contribution in [0.5, 0.6) is 0 Å². The van der Waals surface area contributed by atoms with Gasteiger partial charge in [0.15, 0.2) is 0 Å². The third kappa shape index (κ3) is 4.37. The van der Waals surface area contributed by atoms with Crippen LogP contribution in [-0.4, -0.2) is 12.6 Å². The van der Waals surface area contributed by atoms with Gasteiger partial charge >= 0.3 is 0 Å². The van der Waals surface area contributed by atoms with E-state index in [2.05, 4.69) is 32.2 Å². The Morgan fingerprint density at radius 1 is 1.30 bits per heavy atom. The maximum Gasteiger partial charge on any atom is 0.103 e. The Balaban J connectivity index is 1.88. The van der Waals surface area contributed by atoms with Crippen LogP contribution in [0.25, 0.3) is 0 Å². The second-order valence-corrected chi connectivity index (χ2v) is 6.71. The van der Waals surface area contributed by atoms with Crippen LogP contribution in [0.2, 0.25) is 0 Å². The summed E-state index contributed by atoms with van der Waals surface area (Å²) in [4.78, 5) is 0. The monoisotopic (exact) mass is 277 g/mol. The van der Waals surface area contributed by atoms with E-state index in [1.54, 1.807) is 6.26 Å². The van der Waals surface area contributed by atoms with Crippen molar-refractivity contribution < 1.29 is 4.42 Å². The molecule has 1 aliphatic carbocycles. The van der Waals surface area contributed by atoms with Crippen molar-refractivity contribution in [3.05, 3.63) is 24.2 Å². The molecule has 1 aromatic heterocycles. The Morgan fingerprint density at radius 3 is 2.80 bits per heavy atom. The van der Waals surface area contributed by atoms with E-state index >= 15 is 0 Å². The lowest BCUT2D eigenvalue weighted by atomic mass is 9.72. The summed E-state index contributed by atoms with van der Waals surface area (Å²) in [6, 6.07) is 4.76. The van der Waals surface area contributed by atoms with Gasteiger partial charge < -0.3 is 9.73 Å². The summed E-state index contributed by atoms with van der Waals surface area (Å²) < 4.78 is 5.49. The minimum absolute atomic E-state index is 0.662. The molecule has 4 atom stereocenters. The highest BCUT2D eigenvalue weighted by atomic mass is 16.3. The third-order valence-corrected chi connectivity index (χ3v) is 5.15. The second kappa shape index (κ2) is 7.87. The molecule has 0 radical (unpaired) electrons. The van der Waals surface area contributed by atoms with Crippen molar-refractivity contribution in [2.45, 2.75) is 65.3 Å². The molecule has 0 bridgehead atoms. The Kier molecular flexibility index (Phi) is 6.15.